The number of rotatable bonds is 5. The highest BCUT2D eigenvalue weighted by molar-refractivity contribution is 7.91. The summed E-state index contributed by atoms with van der Waals surface area (Å²) in [5.74, 6) is 0.517. The van der Waals surface area contributed by atoms with Crippen molar-refractivity contribution in [1.82, 2.24) is 4.90 Å². The van der Waals surface area contributed by atoms with E-state index in [9.17, 15) is 8.42 Å². The molecule has 21 heavy (non-hydrogen) atoms. The molecule has 0 spiro atoms. The van der Waals surface area contributed by atoms with Gasteiger partial charge in [-0.2, -0.15) is 0 Å². The van der Waals surface area contributed by atoms with E-state index in [1.165, 1.54) is 0 Å². The van der Waals surface area contributed by atoms with Crippen LogP contribution in [-0.2, 0) is 16.3 Å². The van der Waals surface area contributed by atoms with Crippen LogP contribution in [0.2, 0.25) is 5.02 Å². The number of nitrogens with zero attached hydrogens (tertiary/aromatic N) is 1. The van der Waals surface area contributed by atoms with E-state index in [1.54, 1.807) is 0 Å². The minimum Gasteiger partial charge on any atom is -0.329 e. The van der Waals surface area contributed by atoms with Gasteiger partial charge in [0.1, 0.15) is 0 Å². The Bertz CT molecular complexity index is 588. The molecule has 2 unspecified atom stereocenters. The van der Waals surface area contributed by atoms with Gasteiger partial charge in [0.2, 0.25) is 0 Å². The molecule has 1 aromatic carbocycles. The van der Waals surface area contributed by atoms with Crippen LogP contribution >= 0.6 is 11.6 Å². The summed E-state index contributed by atoms with van der Waals surface area (Å²) in [5, 5.41) is 0.712. The standard InChI is InChI=1S/C15H23ClN2O2S/c1-15(11-17,9-12-3-5-13(16)6-4-12)18(2)14-7-8-21(19,20)10-14/h3-6,14H,7-11,17H2,1-2H3. The lowest BCUT2D eigenvalue weighted by Gasteiger charge is -2.41. The Morgan fingerprint density at radius 2 is 2.00 bits per heavy atom. The lowest BCUT2D eigenvalue weighted by molar-refractivity contribution is 0.103. The van der Waals surface area contributed by atoms with E-state index in [2.05, 4.69) is 11.8 Å². The molecule has 0 aromatic heterocycles. The largest absolute Gasteiger partial charge is 0.329 e. The van der Waals surface area contributed by atoms with Crippen LogP contribution in [-0.4, -0.2) is 50.0 Å². The molecule has 0 aliphatic carbocycles. The number of halogens is 1. The number of hydrogen-bond acceptors (Lipinski definition) is 4. The van der Waals surface area contributed by atoms with E-state index in [1.807, 2.05) is 31.3 Å². The van der Waals surface area contributed by atoms with Crippen molar-refractivity contribution < 1.29 is 8.42 Å². The molecule has 0 saturated carbocycles. The molecule has 1 heterocycles. The fourth-order valence-corrected chi connectivity index (χ4v) is 4.80. The summed E-state index contributed by atoms with van der Waals surface area (Å²) in [6.07, 6.45) is 1.46. The van der Waals surface area contributed by atoms with E-state index in [0.717, 1.165) is 12.0 Å². The van der Waals surface area contributed by atoms with Gasteiger partial charge in [-0.25, -0.2) is 8.42 Å². The lowest BCUT2D eigenvalue weighted by Crippen LogP contribution is -2.55. The summed E-state index contributed by atoms with van der Waals surface area (Å²) >= 11 is 5.91. The first kappa shape index (κ1) is 16.7. The summed E-state index contributed by atoms with van der Waals surface area (Å²) in [6.45, 7) is 2.56. The zero-order chi connectivity index (χ0) is 15.7. The SMILES string of the molecule is CN(C1CCS(=O)(=O)C1)C(C)(CN)Cc1ccc(Cl)cc1. The smallest absolute Gasteiger partial charge is 0.151 e. The zero-order valence-electron chi connectivity index (χ0n) is 12.5. The molecule has 2 N–H and O–H groups in total. The highest BCUT2D eigenvalue weighted by atomic mass is 35.5. The fraction of sp³-hybridized carbons (Fsp3) is 0.600. The van der Waals surface area contributed by atoms with Crippen LogP contribution in [0, 0.1) is 0 Å². The topological polar surface area (TPSA) is 63.4 Å². The van der Waals surface area contributed by atoms with Gasteiger partial charge in [-0.15, -0.1) is 0 Å². The number of likely N-dealkylation sites (N-methyl/N-ethyl adjacent to an activating group) is 1. The zero-order valence-corrected chi connectivity index (χ0v) is 14.1. The molecule has 118 valence electrons. The van der Waals surface area contributed by atoms with Gasteiger partial charge in [0.25, 0.3) is 0 Å². The average molecular weight is 331 g/mol. The first-order chi connectivity index (χ1) is 9.76. The minimum atomic E-state index is -2.89. The van der Waals surface area contributed by atoms with Crippen LogP contribution < -0.4 is 5.73 Å². The molecule has 0 amide bonds. The molecule has 6 heteroatoms. The molecule has 1 aliphatic rings. The second-order valence-corrected chi connectivity index (χ2v) is 8.84. The van der Waals surface area contributed by atoms with Crippen molar-refractivity contribution in [3.8, 4) is 0 Å². The molecule has 1 aliphatic heterocycles. The van der Waals surface area contributed by atoms with Crippen LogP contribution in [0.15, 0.2) is 24.3 Å². The van der Waals surface area contributed by atoms with Crippen molar-refractivity contribution in [2.24, 2.45) is 5.73 Å². The Kier molecular flexibility index (Phi) is 4.98. The molecular weight excluding hydrogens is 308 g/mol. The van der Waals surface area contributed by atoms with Gasteiger partial charge in [-0.3, -0.25) is 4.90 Å². The summed E-state index contributed by atoms with van der Waals surface area (Å²) in [5.41, 5.74) is 6.89. The maximum Gasteiger partial charge on any atom is 0.151 e. The van der Waals surface area contributed by atoms with Crippen molar-refractivity contribution in [1.29, 1.82) is 0 Å². The second-order valence-electron chi connectivity index (χ2n) is 6.17. The molecular formula is C15H23ClN2O2S. The van der Waals surface area contributed by atoms with Crippen molar-refractivity contribution >= 4 is 21.4 Å². The lowest BCUT2D eigenvalue weighted by atomic mass is 9.90. The van der Waals surface area contributed by atoms with Gasteiger partial charge in [0.15, 0.2) is 9.84 Å². The van der Waals surface area contributed by atoms with E-state index < -0.39 is 9.84 Å². The first-order valence-corrected chi connectivity index (χ1v) is 9.33. The van der Waals surface area contributed by atoms with E-state index in [0.29, 0.717) is 18.0 Å². The minimum absolute atomic E-state index is 0.0517. The van der Waals surface area contributed by atoms with E-state index in [-0.39, 0.29) is 23.1 Å². The third kappa shape index (κ3) is 3.97. The highest BCUT2D eigenvalue weighted by Crippen LogP contribution is 2.26. The number of nitrogens with two attached hydrogens (primary N) is 1. The van der Waals surface area contributed by atoms with Gasteiger partial charge in [-0.1, -0.05) is 23.7 Å². The third-order valence-corrected chi connectivity index (χ3v) is 6.55. The fourth-order valence-electron chi connectivity index (χ4n) is 2.90. The third-order valence-electron chi connectivity index (χ3n) is 4.55. The maximum atomic E-state index is 11.7. The first-order valence-electron chi connectivity index (χ1n) is 7.14. The molecule has 0 bridgehead atoms. The van der Waals surface area contributed by atoms with Crippen LogP contribution in [0.3, 0.4) is 0 Å². The monoisotopic (exact) mass is 330 g/mol. The summed E-state index contributed by atoms with van der Waals surface area (Å²) in [6, 6.07) is 7.78. The average Bonchev–Trinajstić information content (AvgIpc) is 2.80. The predicted molar refractivity (Wildman–Crippen MR) is 87.4 cm³/mol. The normalized spacial score (nSPS) is 24.1. The van der Waals surface area contributed by atoms with Crippen molar-refractivity contribution in [3.05, 3.63) is 34.9 Å². The van der Waals surface area contributed by atoms with Gasteiger partial charge >= 0.3 is 0 Å². The highest BCUT2D eigenvalue weighted by Gasteiger charge is 2.38. The van der Waals surface area contributed by atoms with E-state index >= 15 is 0 Å². The molecule has 0 radical (unpaired) electrons. The van der Waals surface area contributed by atoms with Gasteiger partial charge in [-0.05, 0) is 44.5 Å². The molecule has 4 nitrogen and oxygen atoms in total. The second kappa shape index (κ2) is 6.24. The maximum absolute atomic E-state index is 11.7. The van der Waals surface area contributed by atoms with Crippen LogP contribution in [0.1, 0.15) is 18.9 Å². The number of sulfone groups is 1. The quantitative estimate of drug-likeness (QED) is 0.893. The van der Waals surface area contributed by atoms with Crippen LogP contribution in [0.25, 0.3) is 0 Å². The summed E-state index contributed by atoms with van der Waals surface area (Å²) in [4.78, 5) is 2.14. The molecule has 2 rings (SSSR count). The molecule has 1 saturated heterocycles. The molecule has 1 fully saturated rings. The van der Waals surface area contributed by atoms with Crippen LogP contribution in [0.5, 0.6) is 0 Å². The molecule has 2 atom stereocenters. The van der Waals surface area contributed by atoms with Crippen LogP contribution in [0.4, 0.5) is 0 Å². The van der Waals surface area contributed by atoms with E-state index in [4.69, 9.17) is 17.3 Å². The Morgan fingerprint density at radius 1 is 1.38 bits per heavy atom. The predicted octanol–water partition coefficient (Wildman–Crippen LogP) is 1.72. The van der Waals surface area contributed by atoms with Crippen molar-refractivity contribution in [2.45, 2.75) is 31.3 Å². The van der Waals surface area contributed by atoms with Gasteiger partial charge in [0, 0.05) is 23.1 Å². The summed E-state index contributed by atoms with van der Waals surface area (Å²) < 4.78 is 23.4. The van der Waals surface area contributed by atoms with Gasteiger partial charge < -0.3 is 5.73 Å². The summed E-state index contributed by atoms with van der Waals surface area (Å²) in [7, 11) is -0.907. The Hall–Kier alpha value is -0.620. The Morgan fingerprint density at radius 3 is 2.48 bits per heavy atom. The molecule has 1 aromatic rings. The van der Waals surface area contributed by atoms with Gasteiger partial charge in [0.05, 0.1) is 11.5 Å². The number of hydrogen-bond donors (Lipinski definition) is 1. The van der Waals surface area contributed by atoms with Crippen molar-refractivity contribution in [2.75, 3.05) is 25.1 Å². The number of benzene rings is 1. The van der Waals surface area contributed by atoms with Crippen molar-refractivity contribution in [3.63, 3.8) is 0 Å². The Labute approximate surface area is 132 Å². The Balaban J connectivity index is 2.14.